The van der Waals surface area contributed by atoms with E-state index in [9.17, 15) is 14.4 Å². The highest BCUT2D eigenvalue weighted by Gasteiger charge is 2.34. The average molecular weight is 634 g/mol. The van der Waals surface area contributed by atoms with E-state index < -0.39 is 12.1 Å². The Labute approximate surface area is 267 Å². The van der Waals surface area contributed by atoms with Gasteiger partial charge in [0.2, 0.25) is 5.88 Å². The number of nitrogens with zero attached hydrogens (tertiary/aromatic N) is 2. The van der Waals surface area contributed by atoms with Crippen LogP contribution in [0.1, 0.15) is 39.6 Å². The number of carbonyl (C=O) groups is 3. The van der Waals surface area contributed by atoms with Crippen molar-refractivity contribution in [3.8, 4) is 23.1 Å². The number of carbonyl (C=O) groups excluding carboxylic acids is 3. The third kappa shape index (κ3) is 8.64. The first kappa shape index (κ1) is 32.5. The van der Waals surface area contributed by atoms with E-state index in [0.29, 0.717) is 61.2 Å². The molecule has 0 saturated carbocycles. The first-order valence-electron chi connectivity index (χ1n) is 15.3. The first-order chi connectivity index (χ1) is 22.4. The lowest BCUT2D eigenvalue weighted by Gasteiger charge is -2.38. The summed E-state index contributed by atoms with van der Waals surface area (Å²) in [6, 6.07) is 15.0. The molecule has 2 aromatic carbocycles. The molecule has 1 aromatic heterocycles. The predicted molar refractivity (Wildman–Crippen MR) is 167 cm³/mol. The summed E-state index contributed by atoms with van der Waals surface area (Å²) in [6.07, 6.45) is 1.54. The molecule has 0 spiro atoms. The number of piperidine rings is 1. The van der Waals surface area contributed by atoms with Crippen molar-refractivity contribution in [1.29, 1.82) is 0 Å². The summed E-state index contributed by atoms with van der Waals surface area (Å²) in [5.74, 6) is 1.13. The number of likely N-dealkylation sites (tertiary alicyclic amines) is 1. The van der Waals surface area contributed by atoms with Crippen LogP contribution in [0.5, 0.6) is 23.1 Å². The standard InChI is InChI=1S/C33H39N5O8/c1-3-43-31-27(8-5-10-35-31)32(40)38-13-9-28-29(20-38)45-21-22-6-4-7-24(16-22)46-26-18-23(17-25(19-26)44-15-14-42-2)30(39)34-11-12-36-33(41)37-28/h4-8,10,16-19,28-29H,3,9,11-15,20-21H2,1-2H3,(H,34,39)(H2,36,37,41)/t28-,29-/m0/s1. The molecule has 13 heteroatoms. The number of pyridine rings is 1. The Morgan fingerprint density at radius 2 is 1.89 bits per heavy atom. The quantitative estimate of drug-likeness (QED) is 0.334. The Balaban J connectivity index is 1.37. The maximum Gasteiger partial charge on any atom is 0.315 e. The fourth-order valence-electron chi connectivity index (χ4n) is 5.21. The lowest BCUT2D eigenvalue weighted by atomic mass is 10.0. The minimum atomic E-state index is -0.512. The molecule has 4 amide bonds. The van der Waals surface area contributed by atoms with E-state index in [-0.39, 0.29) is 50.0 Å². The van der Waals surface area contributed by atoms with Gasteiger partial charge in [0.15, 0.2) is 0 Å². The monoisotopic (exact) mass is 633 g/mol. The van der Waals surface area contributed by atoms with Crippen molar-refractivity contribution in [1.82, 2.24) is 25.8 Å². The molecule has 13 nitrogen and oxygen atoms in total. The number of amides is 4. The van der Waals surface area contributed by atoms with Gasteiger partial charge in [0, 0.05) is 51.1 Å². The summed E-state index contributed by atoms with van der Waals surface area (Å²) in [5, 5.41) is 8.60. The number of rotatable bonds is 7. The largest absolute Gasteiger partial charge is 0.491 e. The Hall–Kier alpha value is -4.88. The van der Waals surface area contributed by atoms with Crippen LogP contribution in [0.15, 0.2) is 60.8 Å². The molecule has 2 aliphatic heterocycles. The van der Waals surface area contributed by atoms with Gasteiger partial charge in [-0.15, -0.1) is 0 Å². The first-order valence-corrected chi connectivity index (χ1v) is 15.3. The zero-order chi connectivity index (χ0) is 32.3. The molecule has 2 aliphatic rings. The molecule has 3 aromatic rings. The van der Waals surface area contributed by atoms with Crippen LogP contribution in [0.4, 0.5) is 4.79 Å². The smallest absolute Gasteiger partial charge is 0.315 e. The van der Waals surface area contributed by atoms with Crippen LogP contribution in [0, 0.1) is 0 Å². The highest BCUT2D eigenvalue weighted by molar-refractivity contribution is 5.96. The average Bonchev–Trinajstić information content (AvgIpc) is 3.06. The molecular formula is C33H39N5O8. The number of urea groups is 1. The summed E-state index contributed by atoms with van der Waals surface area (Å²) in [7, 11) is 1.58. The highest BCUT2D eigenvalue weighted by atomic mass is 16.5. The van der Waals surface area contributed by atoms with Gasteiger partial charge in [0.1, 0.15) is 29.4 Å². The van der Waals surface area contributed by atoms with Gasteiger partial charge >= 0.3 is 6.03 Å². The second kappa shape index (κ2) is 15.9. The van der Waals surface area contributed by atoms with E-state index in [2.05, 4.69) is 20.9 Å². The van der Waals surface area contributed by atoms with E-state index in [1.54, 1.807) is 54.6 Å². The SMILES string of the molecule is CCOc1ncccc1C(=O)N1CC[C@@H]2NC(=O)NCCNC(=O)c3cc(OCCOC)cc(c3)Oc3cccc(c3)CO[C@H]2C1. The molecule has 244 valence electrons. The number of hydrogen-bond acceptors (Lipinski definition) is 9. The zero-order valence-electron chi connectivity index (χ0n) is 26.0. The minimum Gasteiger partial charge on any atom is -0.491 e. The third-order valence-corrected chi connectivity index (χ3v) is 7.44. The normalized spacial score (nSPS) is 18.8. The molecular weight excluding hydrogens is 594 g/mol. The molecule has 3 heterocycles. The maximum atomic E-state index is 13.5. The molecule has 5 rings (SSSR count). The van der Waals surface area contributed by atoms with Gasteiger partial charge in [0.25, 0.3) is 11.8 Å². The van der Waals surface area contributed by atoms with E-state index in [1.165, 1.54) is 0 Å². The number of benzene rings is 2. The van der Waals surface area contributed by atoms with Gasteiger partial charge in [-0.1, -0.05) is 12.1 Å². The van der Waals surface area contributed by atoms with E-state index in [1.807, 2.05) is 25.1 Å². The maximum absolute atomic E-state index is 13.5. The van der Waals surface area contributed by atoms with Crippen molar-refractivity contribution in [3.63, 3.8) is 0 Å². The van der Waals surface area contributed by atoms with E-state index >= 15 is 0 Å². The Morgan fingerprint density at radius 3 is 2.74 bits per heavy atom. The van der Waals surface area contributed by atoms with Crippen LogP contribution in [0.3, 0.4) is 0 Å². The van der Waals surface area contributed by atoms with Crippen molar-refractivity contribution in [2.45, 2.75) is 32.1 Å². The van der Waals surface area contributed by atoms with Crippen LogP contribution < -0.4 is 30.2 Å². The van der Waals surface area contributed by atoms with Gasteiger partial charge in [-0.3, -0.25) is 9.59 Å². The summed E-state index contributed by atoms with van der Waals surface area (Å²) in [6.45, 7) is 4.14. The van der Waals surface area contributed by atoms with Crippen molar-refractivity contribution in [2.75, 3.05) is 53.1 Å². The molecule has 1 saturated heterocycles. The Bertz CT molecular complexity index is 1520. The summed E-state index contributed by atoms with van der Waals surface area (Å²) in [5.41, 5.74) is 1.54. The molecule has 0 radical (unpaired) electrons. The summed E-state index contributed by atoms with van der Waals surface area (Å²) in [4.78, 5) is 45.4. The second-order valence-corrected chi connectivity index (χ2v) is 10.7. The summed E-state index contributed by atoms with van der Waals surface area (Å²) < 4.78 is 29.0. The lowest BCUT2D eigenvalue weighted by Crippen LogP contribution is -2.58. The van der Waals surface area contributed by atoms with Gasteiger partial charge in [-0.05, 0) is 55.3 Å². The van der Waals surface area contributed by atoms with Crippen LogP contribution in [0.25, 0.3) is 0 Å². The van der Waals surface area contributed by atoms with Crippen LogP contribution in [-0.2, 0) is 16.1 Å². The Morgan fingerprint density at radius 1 is 1.02 bits per heavy atom. The number of hydrogen-bond donors (Lipinski definition) is 3. The second-order valence-electron chi connectivity index (χ2n) is 10.7. The highest BCUT2D eigenvalue weighted by Crippen LogP contribution is 2.29. The van der Waals surface area contributed by atoms with Crippen molar-refractivity contribution >= 4 is 17.8 Å². The minimum absolute atomic E-state index is 0.194. The predicted octanol–water partition coefficient (Wildman–Crippen LogP) is 3.14. The summed E-state index contributed by atoms with van der Waals surface area (Å²) >= 11 is 0. The van der Waals surface area contributed by atoms with Crippen LogP contribution >= 0.6 is 0 Å². The van der Waals surface area contributed by atoms with Gasteiger partial charge in [-0.2, -0.15) is 0 Å². The van der Waals surface area contributed by atoms with Crippen LogP contribution in [-0.4, -0.2) is 93.0 Å². The molecule has 4 bridgehead atoms. The molecule has 2 atom stereocenters. The molecule has 0 aliphatic carbocycles. The fraction of sp³-hybridized carbons (Fsp3) is 0.394. The lowest BCUT2D eigenvalue weighted by molar-refractivity contribution is -0.0236. The molecule has 0 unspecified atom stereocenters. The number of ether oxygens (including phenoxy) is 5. The topological polar surface area (TPSA) is 150 Å². The van der Waals surface area contributed by atoms with Gasteiger partial charge in [0.05, 0.1) is 32.0 Å². The van der Waals surface area contributed by atoms with Crippen molar-refractivity contribution in [3.05, 3.63) is 77.5 Å². The zero-order valence-corrected chi connectivity index (χ0v) is 26.0. The van der Waals surface area contributed by atoms with Gasteiger partial charge < -0.3 is 44.5 Å². The number of methoxy groups -OCH3 is 1. The number of fused-ring (bicyclic) bond motifs is 5. The third-order valence-electron chi connectivity index (χ3n) is 7.44. The van der Waals surface area contributed by atoms with Gasteiger partial charge in [-0.25, -0.2) is 9.78 Å². The van der Waals surface area contributed by atoms with E-state index in [4.69, 9.17) is 23.7 Å². The number of nitrogens with one attached hydrogen (secondary N) is 3. The van der Waals surface area contributed by atoms with Crippen molar-refractivity contribution < 1.29 is 38.1 Å². The number of aromatic nitrogens is 1. The van der Waals surface area contributed by atoms with Crippen molar-refractivity contribution in [2.24, 2.45) is 0 Å². The van der Waals surface area contributed by atoms with E-state index in [0.717, 1.165) is 5.56 Å². The molecule has 1 fully saturated rings. The van der Waals surface area contributed by atoms with Crippen LogP contribution in [0.2, 0.25) is 0 Å². The fourth-order valence-corrected chi connectivity index (χ4v) is 5.21. The molecule has 3 N–H and O–H groups in total. The Kier molecular flexibility index (Phi) is 11.2. The molecule has 46 heavy (non-hydrogen) atoms.